The lowest BCUT2D eigenvalue weighted by Gasteiger charge is -2.13. The summed E-state index contributed by atoms with van der Waals surface area (Å²) in [5.41, 5.74) is 5.50. The van der Waals surface area contributed by atoms with E-state index < -0.39 is 0 Å². The monoisotopic (exact) mass is 182 g/mol. The molecule has 0 aliphatic rings. The number of nitrogens with two attached hydrogens (primary N) is 1. The summed E-state index contributed by atoms with van der Waals surface area (Å²) in [5, 5.41) is 2.76. The predicted octanol–water partition coefficient (Wildman–Crippen LogP) is 0.643. The Labute approximate surface area is 80.1 Å². The molecule has 13 heavy (non-hydrogen) atoms. The molecule has 1 atom stereocenters. The van der Waals surface area contributed by atoms with Crippen molar-refractivity contribution in [1.29, 1.82) is 0 Å². The van der Waals surface area contributed by atoms with E-state index in [0.29, 0.717) is 6.54 Å². The van der Waals surface area contributed by atoms with Gasteiger partial charge in [-0.3, -0.25) is 4.79 Å². The number of hydrogen-bond donors (Lipinski definition) is 2. The zero-order chi connectivity index (χ0) is 10.1. The van der Waals surface area contributed by atoms with E-state index in [1.54, 1.807) is 6.92 Å². The Morgan fingerprint density at radius 3 is 2.77 bits per heavy atom. The van der Waals surface area contributed by atoms with Gasteiger partial charge in [-0.05, 0) is 19.3 Å². The molecular weight excluding hydrogens is 164 g/mol. The lowest BCUT2D eigenvalue weighted by Crippen LogP contribution is -2.39. The van der Waals surface area contributed by atoms with Crippen molar-refractivity contribution < 1.29 is 4.79 Å². The number of nitrogens with one attached hydrogen (secondary N) is 1. The van der Waals surface area contributed by atoms with E-state index in [1.165, 1.54) is 0 Å². The molecule has 0 bridgehead atoms. The number of amides is 1. The van der Waals surface area contributed by atoms with Gasteiger partial charge in [0.1, 0.15) is 0 Å². The molecule has 3 N–H and O–H groups in total. The molecular formula is C10H18N2O. The second-order valence-corrected chi connectivity index (χ2v) is 2.92. The molecule has 0 heterocycles. The summed E-state index contributed by atoms with van der Waals surface area (Å²) in [4.78, 5) is 11.0. The summed E-state index contributed by atoms with van der Waals surface area (Å²) in [6, 6.07) is 0.0771. The van der Waals surface area contributed by atoms with Gasteiger partial charge in [0, 0.05) is 12.6 Å². The van der Waals surface area contributed by atoms with Crippen molar-refractivity contribution in [3.05, 3.63) is 0 Å². The lowest BCUT2D eigenvalue weighted by atomic mass is 10.1. The third kappa shape index (κ3) is 6.18. The second-order valence-electron chi connectivity index (χ2n) is 2.92. The van der Waals surface area contributed by atoms with Crippen LogP contribution in [-0.4, -0.2) is 18.5 Å². The van der Waals surface area contributed by atoms with Crippen molar-refractivity contribution in [3.8, 4) is 11.8 Å². The zero-order valence-electron chi connectivity index (χ0n) is 8.39. The van der Waals surface area contributed by atoms with Crippen molar-refractivity contribution in [3.63, 3.8) is 0 Å². The number of unbranched alkanes of at least 4 members (excludes halogenated alkanes) is 1. The fourth-order valence-electron chi connectivity index (χ4n) is 1.03. The van der Waals surface area contributed by atoms with Gasteiger partial charge in [0.05, 0.1) is 0 Å². The van der Waals surface area contributed by atoms with E-state index in [1.807, 2.05) is 0 Å². The summed E-state index contributed by atoms with van der Waals surface area (Å²) in [6.45, 7) is 4.24. The molecule has 3 nitrogen and oxygen atoms in total. The van der Waals surface area contributed by atoms with Crippen LogP contribution >= 0.6 is 0 Å². The van der Waals surface area contributed by atoms with E-state index in [4.69, 9.17) is 5.73 Å². The molecule has 0 aliphatic heterocycles. The Balaban J connectivity index is 3.80. The van der Waals surface area contributed by atoms with Crippen molar-refractivity contribution in [2.24, 2.45) is 5.73 Å². The molecule has 0 aromatic heterocycles. The fraction of sp³-hybridized carbons (Fsp3) is 0.700. The normalized spacial score (nSPS) is 11.3. The van der Waals surface area contributed by atoms with Crippen molar-refractivity contribution >= 4 is 5.91 Å². The Morgan fingerprint density at radius 1 is 1.62 bits per heavy atom. The zero-order valence-corrected chi connectivity index (χ0v) is 8.39. The van der Waals surface area contributed by atoms with Crippen molar-refractivity contribution in [1.82, 2.24) is 5.32 Å². The van der Waals surface area contributed by atoms with Crippen LogP contribution in [0, 0.1) is 11.8 Å². The third-order valence-corrected chi connectivity index (χ3v) is 1.76. The molecule has 74 valence electrons. The lowest BCUT2D eigenvalue weighted by molar-refractivity contribution is -0.116. The Bertz CT molecular complexity index is 203. The molecule has 0 spiro atoms. The van der Waals surface area contributed by atoms with Crippen LogP contribution in [0.3, 0.4) is 0 Å². The topological polar surface area (TPSA) is 55.1 Å². The van der Waals surface area contributed by atoms with Gasteiger partial charge in [0.2, 0.25) is 0 Å². The molecule has 0 aromatic rings. The summed E-state index contributed by atoms with van der Waals surface area (Å²) in [5.74, 6) is 4.75. The molecule has 0 aromatic carbocycles. The Morgan fingerprint density at radius 2 is 2.31 bits per heavy atom. The van der Waals surface area contributed by atoms with Crippen LogP contribution in [0.4, 0.5) is 0 Å². The van der Waals surface area contributed by atoms with Gasteiger partial charge in [-0.1, -0.05) is 25.7 Å². The Kier molecular flexibility index (Phi) is 7.04. The van der Waals surface area contributed by atoms with E-state index in [0.717, 1.165) is 19.3 Å². The summed E-state index contributed by atoms with van der Waals surface area (Å²) in [6.07, 6.45) is 3.14. The summed E-state index contributed by atoms with van der Waals surface area (Å²) in [7, 11) is 0. The minimum atomic E-state index is -0.228. The molecule has 1 amide bonds. The minimum Gasteiger partial charge on any atom is -0.341 e. The highest BCUT2D eigenvalue weighted by Gasteiger charge is 2.07. The molecule has 0 saturated carbocycles. The van der Waals surface area contributed by atoms with Crippen LogP contribution in [0.5, 0.6) is 0 Å². The van der Waals surface area contributed by atoms with Gasteiger partial charge in [-0.2, -0.15) is 0 Å². The van der Waals surface area contributed by atoms with Gasteiger partial charge < -0.3 is 11.1 Å². The molecule has 0 aliphatic carbocycles. The molecule has 3 heteroatoms. The van der Waals surface area contributed by atoms with Crippen LogP contribution in [0.25, 0.3) is 0 Å². The van der Waals surface area contributed by atoms with Crippen molar-refractivity contribution in [2.75, 3.05) is 6.54 Å². The third-order valence-electron chi connectivity index (χ3n) is 1.76. The highest BCUT2D eigenvalue weighted by atomic mass is 16.1. The first kappa shape index (κ1) is 12.0. The molecule has 0 fully saturated rings. The van der Waals surface area contributed by atoms with Crippen LogP contribution in [0.15, 0.2) is 0 Å². The van der Waals surface area contributed by atoms with Gasteiger partial charge in [-0.15, -0.1) is 0 Å². The van der Waals surface area contributed by atoms with Crippen molar-refractivity contribution in [2.45, 2.75) is 39.2 Å². The van der Waals surface area contributed by atoms with Crippen LogP contribution in [0.2, 0.25) is 0 Å². The first-order valence-electron chi connectivity index (χ1n) is 4.67. The quantitative estimate of drug-likeness (QED) is 0.613. The van der Waals surface area contributed by atoms with Gasteiger partial charge in [-0.25, -0.2) is 0 Å². The van der Waals surface area contributed by atoms with Gasteiger partial charge in [0.25, 0.3) is 5.91 Å². The average Bonchev–Trinajstić information content (AvgIpc) is 2.12. The molecule has 0 saturated heterocycles. The maximum absolute atomic E-state index is 11.0. The summed E-state index contributed by atoms with van der Waals surface area (Å²) < 4.78 is 0. The summed E-state index contributed by atoms with van der Waals surface area (Å²) >= 11 is 0. The standard InChI is InChI=1S/C10H18N2O/c1-3-5-7-9(8-11)12-10(13)6-4-2/h9H,3,5,7-8,11H2,1-2H3,(H,12,13). The number of carbonyl (C=O) groups excluding carboxylic acids is 1. The predicted molar refractivity (Wildman–Crippen MR) is 54.0 cm³/mol. The first-order chi connectivity index (χ1) is 6.24. The molecule has 1 unspecified atom stereocenters. The van der Waals surface area contributed by atoms with E-state index in [2.05, 4.69) is 24.1 Å². The smallest absolute Gasteiger partial charge is 0.296 e. The maximum Gasteiger partial charge on any atom is 0.296 e. The highest BCUT2D eigenvalue weighted by Crippen LogP contribution is 1.98. The number of carbonyl (C=O) groups is 1. The second kappa shape index (κ2) is 7.63. The molecule has 0 rings (SSSR count). The average molecular weight is 182 g/mol. The number of hydrogen-bond acceptors (Lipinski definition) is 2. The van der Waals surface area contributed by atoms with E-state index in [-0.39, 0.29) is 11.9 Å². The fourth-order valence-corrected chi connectivity index (χ4v) is 1.03. The SMILES string of the molecule is CC#CC(=O)NC(CN)CCCC. The van der Waals surface area contributed by atoms with E-state index >= 15 is 0 Å². The number of rotatable bonds is 5. The minimum absolute atomic E-state index is 0.0771. The first-order valence-corrected chi connectivity index (χ1v) is 4.67. The van der Waals surface area contributed by atoms with Crippen LogP contribution in [-0.2, 0) is 4.79 Å². The van der Waals surface area contributed by atoms with Gasteiger partial charge in [0.15, 0.2) is 0 Å². The maximum atomic E-state index is 11.0. The van der Waals surface area contributed by atoms with Gasteiger partial charge >= 0.3 is 0 Å². The van der Waals surface area contributed by atoms with E-state index in [9.17, 15) is 4.79 Å². The van der Waals surface area contributed by atoms with Crippen LogP contribution < -0.4 is 11.1 Å². The Hall–Kier alpha value is -1.01. The highest BCUT2D eigenvalue weighted by molar-refractivity contribution is 5.93. The van der Waals surface area contributed by atoms with Crippen LogP contribution in [0.1, 0.15) is 33.1 Å². The largest absolute Gasteiger partial charge is 0.341 e. The molecule has 0 radical (unpaired) electrons.